The van der Waals surface area contributed by atoms with Gasteiger partial charge in [0.15, 0.2) is 0 Å². The highest BCUT2D eigenvalue weighted by atomic mass is 16.5. The molecule has 0 bridgehead atoms. The number of ether oxygens (including phenoxy) is 1. The predicted octanol–water partition coefficient (Wildman–Crippen LogP) is 3.02. The summed E-state index contributed by atoms with van der Waals surface area (Å²) in [5, 5.41) is 3.00. The summed E-state index contributed by atoms with van der Waals surface area (Å²) in [6, 6.07) is 11.6. The van der Waals surface area contributed by atoms with Crippen molar-refractivity contribution in [1.29, 1.82) is 0 Å². The van der Waals surface area contributed by atoms with Gasteiger partial charge in [-0.05, 0) is 38.1 Å². The van der Waals surface area contributed by atoms with Crippen LogP contribution in [0.25, 0.3) is 0 Å². The largest absolute Gasteiger partial charge is 0.378 e. The van der Waals surface area contributed by atoms with E-state index in [0.29, 0.717) is 18.9 Å². The molecule has 0 atom stereocenters. The molecule has 6 heteroatoms. The number of amides is 1. The standard InChI is InChI=1S/C20H26N4O2/c1-3-23(4-2)16-9-10-18(21-15-16)20(25)22-17-7-5-6-8-19(17)24-11-13-26-14-12-24/h5-10,15H,3-4,11-14H2,1-2H3,(H,22,25). The second-order valence-corrected chi connectivity index (χ2v) is 6.14. The molecule has 1 amide bonds. The van der Waals surface area contributed by atoms with Crippen molar-refractivity contribution in [2.45, 2.75) is 13.8 Å². The average molecular weight is 354 g/mol. The van der Waals surface area contributed by atoms with E-state index in [-0.39, 0.29) is 5.91 Å². The van der Waals surface area contributed by atoms with Gasteiger partial charge in [-0.2, -0.15) is 0 Å². The first kappa shape index (κ1) is 18.2. The van der Waals surface area contributed by atoms with Crippen LogP contribution in [0.2, 0.25) is 0 Å². The fourth-order valence-electron chi connectivity index (χ4n) is 3.14. The third-order valence-corrected chi connectivity index (χ3v) is 4.61. The van der Waals surface area contributed by atoms with Gasteiger partial charge < -0.3 is 19.9 Å². The Balaban J connectivity index is 1.74. The lowest BCUT2D eigenvalue weighted by molar-refractivity contribution is 0.102. The van der Waals surface area contributed by atoms with Gasteiger partial charge in [-0.25, -0.2) is 4.98 Å². The molecule has 1 aromatic heterocycles. The Bertz CT molecular complexity index is 723. The number of carbonyl (C=O) groups is 1. The van der Waals surface area contributed by atoms with Crippen molar-refractivity contribution in [1.82, 2.24) is 4.98 Å². The number of morpholine rings is 1. The SMILES string of the molecule is CCN(CC)c1ccc(C(=O)Nc2ccccc2N2CCOCC2)nc1. The van der Waals surface area contributed by atoms with Crippen LogP contribution in [0, 0.1) is 0 Å². The molecule has 26 heavy (non-hydrogen) atoms. The maximum atomic E-state index is 12.6. The number of nitrogens with one attached hydrogen (secondary N) is 1. The van der Waals surface area contributed by atoms with Crippen molar-refractivity contribution in [2.24, 2.45) is 0 Å². The first-order chi connectivity index (χ1) is 12.7. The van der Waals surface area contributed by atoms with Crippen LogP contribution >= 0.6 is 0 Å². The van der Waals surface area contributed by atoms with Crippen LogP contribution in [0.15, 0.2) is 42.6 Å². The molecular formula is C20H26N4O2. The van der Waals surface area contributed by atoms with Crippen LogP contribution in [0.1, 0.15) is 24.3 Å². The number of carbonyl (C=O) groups excluding carboxylic acids is 1. The number of rotatable bonds is 6. The van der Waals surface area contributed by atoms with Gasteiger partial charge in [0.05, 0.1) is 36.5 Å². The summed E-state index contributed by atoms with van der Waals surface area (Å²) in [6.07, 6.45) is 1.76. The minimum absolute atomic E-state index is 0.197. The Labute approximate surface area is 154 Å². The molecule has 2 heterocycles. The van der Waals surface area contributed by atoms with Crippen LogP contribution in [0.3, 0.4) is 0 Å². The van der Waals surface area contributed by atoms with E-state index in [1.165, 1.54) is 0 Å². The number of nitrogens with zero attached hydrogens (tertiary/aromatic N) is 3. The third kappa shape index (κ3) is 4.14. The van der Waals surface area contributed by atoms with Gasteiger partial charge in [-0.1, -0.05) is 12.1 Å². The quantitative estimate of drug-likeness (QED) is 0.864. The maximum absolute atomic E-state index is 12.6. The summed E-state index contributed by atoms with van der Waals surface area (Å²) in [5.74, 6) is -0.197. The van der Waals surface area contributed by atoms with E-state index in [1.807, 2.05) is 30.3 Å². The zero-order valence-electron chi connectivity index (χ0n) is 15.4. The van der Waals surface area contributed by atoms with Crippen molar-refractivity contribution in [3.8, 4) is 0 Å². The van der Waals surface area contributed by atoms with Gasteiger partial charge in [0, 0.05) is 26.2 Å². The zero-order chi connectivity index (χ0) is 18.4. The molecule has 0 saturated carbocycles. The molecule has 1 aliphatic rings. The first-order valence-corrected chi connectivity index (χ1v) is 9.17. The van der Waals surface area contributed by atoms with E-state index in [2.05, 4.69) is 33.9 Å². The van der Waals surface area contributed by atoms with Crippen LogP contribution in [-0.2, 0) is 4.74 Å². The molecule has 138 valence electrons. The van der Waals surface area contributed by atoms with E-state index in [9.17, 15) is 4.79 Å². The Morgan fingerprint density at radius 1 is 1.15 bits per heavy atom. The number of hydrogen-bond acceptors (Lipinski definition) is 5. The van der Waals surface area contributed by atoms with Crippen LogP contribution < -0.4 is 15.1 Å². The molecule has 0 unspecified atom stereocenters. The zero-order valence-corrected chi connectivity index (χ0v) is 15.4. The highest BCUT2D eigenvalue weighted by Gasteiger charge is 2.17. The molecule has 1 saturated heterocycles. The minimum atomic E-state index is -0.197. The van der Waals surface area contributed by atoms with Gasteiger partial charge in [0.2, 0.25) is 0 Å². The highest BCUT2D eigenvalue weighted by Crippen LogP contribution is 2.26. The molecule has 1 aliphatic heterocycles. The second-order valence-electron chi connectivity index (χ2n) is 6.14. The van der Waals surface area contributed by atoms with Crippen molar-refractivity contribution in [3.05, 3.63) is 48.3 Å². The van der Waals surface area contributed by atoms with Crippen LogP contribution in [-0.4, -0.2) is 50.3 Å². The molecule has 1 aromatic carbocycles. The smallest absolute Gasteiger partial charge is 0.274 e. The molecule has 3 rings (SSSR count). The molecule has 0 radical (unpaired) electrons. The number of anilines is 3. The molecule has 2 aromatic rings. The van der Waals surface area contributed by atoms with Crippen molar-refractivity contribution >= 4 is 23.0 Å². The lowest BCUT2D eigenvalue weighted by Crippen LogP contribution is -2.36. The highest BCUT2D eigenvalue weighted by molar-refractivity contribution is 6.04. The van der Waals surface area contributed by atoms with Crippen molar-refractivity contribution in [3.63, 3.8) is 0 Å². The molecule has 6 nitrogen and oxygen atoms in total. The number of benzene rings is 1. The van der Waals surface area contributed by atoms with Crippen molar-refractivity contribution in [2.75, 3.05) is 54.5 Å². The number of para-hydroxylation sites is 2. The summed E-state index contributed by atoms with van der Waals surface area (Å²) in [6.45, 7) is 9.09. The van der Waals surface area contributed by atoms with Crippen LogP contribution in [0.4, 0.5) is 17.1 Å². The predicted molar refractivity (Wildman–Crippen MR) is 105 cm³/mol. The number of pyridine rings is 1. The fraction of sp³-hybridized carbons (Fsp3) is 0.400. The number of aromatic nitrogens is 1. The Hall–Kier alpha value is -2.60. The normalized spacial score (nSPS) is 14.2. The Morgan fingerprint density at radius 3 is 2.54 bits per heavy atom. The minimum Gasteiger partial charge on any atom is -0.378 e. The van der Waals surface area contributed by atoms with Gasteiger partial charge in [0.25, 0.3) is 5.91 Å². The molecular weight excluding hydrogens is 328 g/mol. The second kappa shape index (κ2) is 8.67. The third-order valence-electron chi connectivity index (χ3n) is 4.61. The topological polar surface area (TPSA) is 57.7 Å². The fourth-order valence-corrected chi connectivity index (χ4v) is 3.14. The van der Waals surface area contributed by atoms with E-state index >= 15 is 0 Å². The van der Waals surface area contributed by atoms with Gasteiger partial charge in [-0.3, -0.25) is 4.79 Å². The monoisotopic (exact) mass is 354 g/mol. The Kier molecular flexibility index (Phi) is 6.07. The summed E-state index contributed by atoms with van der Waals surface area (Å²) in [7, 11) is 0. The van der Waals surface area contributed by atoms with E-state index in [0.717, 1.165) is 43.2 Å². The first-order valence-electron chi connectivity index (χ1n) is 9.17. The van der Waals surface area contributed by atoms with Gasteiger partial charge >= 0.3 is 0 Å². The van der Waals surface area contributed by atoms with E-state index in [1.54, 1.807) is 12.3 Å². The molecule has 0 aliphatic carbocycles. The lowest BCUT2D eigenvalue weighted by Gasteiger charge is -2.30. The molecule has 1 N–H and O–H groups in total. The maximum Gasteiger partial charge on any atom is 0.274 e. The summed E-state index contributed by atoms with van der Waals surface area (Å²) < 4.78 is 5.42. The van der Waals surface area contributed by atoms with Crippen molar-refractivity contribution < 1.29 is 9.53 Å². The summed E-state index contributed by atoms with van der Waals surface area (Å²) in [4.78, 5) is 21.4. The lowest BCUT2D eigenvalue weighted by atomic mass is 10.2. The molecule has 1 fully saturated rings. The van der Waals surface area contributed by atoms with E-state index in [4.69, 9.17) is 4.74 Å². The van der Waals surface area contributed by atoms with Gasteiger partial charge in [-0.15, -0.1) is 0 Å². The summed E-state index contributed by atoms with van der Waals surface area (Å²) in [5.41, 5.74) is 3.26. The summed E-state index contributed by atoms with van der Waals surface area (Å²) >= 11 is 0. The number of hydrogen-bond donors (Lipinski definition) is 1. The average Bonchev–Trinajstić information content (AvgIpc) is 2.70. The van der Waals surface area contributed by atoms with Crippen LogP contribution in [0.5, 0.6) is 0 Å². The van der Waals surface area contributed by atoms with Gasteiger partial charge in [0.1, 0.15) is 5.69 Å². The molecule has 0 spiro atoms. The Morgan fingerprint density at radius 2 is 1.88 bits per heavy atom. The van der Waals surface area contributed by atoms with E-state index < -0.39 is 0 Å².